The summed E-state index contributed by atoms with van der Waals surface area (Å²) < 4.78 is 0. The molecule has 0 spiro atoms. The summed E-state index contributed by atoms with van der Waals surface area (Å²) >= 11 is 3.95. The lowest BCUT2D eigenvalue weighted by atomic mass is 10.2. The Balaban J connectivity index is 3.48. The van der Waals surface area contributed by atoms with Crippen LogP contribution in [0.5, 0.6) is 0 Å². The maximum absolute atomic E-state index is 10.9. The van der Waals surface area contributed by atoms with Crippen LogP contribution in [-0.2, 0) is 4.79 Å². The average Bonchev–Trinajstić information content (AvgIpc) is 1.87. The number of amides is 1. The van der Waals surface area contributed by atoms with Crippen LogP contribution in [0.15, 0.2) is 12.7 Å². The van der Waals surface area contributed by atoms with Crippen molar-refractivity contribution in [2.24, 2.45) is 0 Å². The lowest BCUT2D eigenvalue weighted by Gasteiger charge is -2.10. The molecule has 1 unspecified atom stereocenters. The van der Waals surface area contributed by atoms with Gasteiger partial charge in [-0.1, -0.05) is 6.08 Å². The summed E-state index contributed by atoms with van der Waals surface area (Å²) in [4.78, 5) is 10.9. The molecular weight excluding hydrogens is 158 g/mol. The van der Waals surface area contributed by atoms with Crippen LogP contribution in [0.25, 0.3) is 0 Å². The molecule has 0 aliphatic carbocycles. The Morgan fingerprint density at radius 2 is 2.45 bits per heavy atom. The van der Waals surface area contributed by atoms with E-state index in [1.54, 1.807) is 6.08 Å². The first-order chi connectivity index (χ1) is 5.20. The Bertz CT molecular complexity index is 136. The van der Waals surface area contributed by atoms with E-state index in [2.05, 4.69) is 24.5 Å². The monoisotopic (exact) mass is 173 g/mol. The SMILES string of the molecule is C=CCC(C)NC(=O)CCS. The zero-order chi connectivity index (χ0) is 8.69. The molecule has 0 heterocycles. The van der Waals surface area contributed by atoms with E-state index in [0.29, 0.717) is 12.2 Å². The van der Waals surface area contributed by atoms with E-state index in [9.17, 15) is 4.79 Å². The maximum atomic E-state index is 10.9. The normalized spacial score (nSPS) is 12.2. The van der Waals surface area contributed by atoms with E-state index in [1.165, 1.54) is 0 Å². The van der Waals surface area contributed by atoms with Crippen LogP contribution < -0.4 is 5.32 Å². The number of nitrogens with one attached hydrogen (secondary N) is 1. The second kappa shape index (κ2) is 6.28. The Morgan fingerprint density at radius 1 is 1.82 bits per heavy atom. The third-order valence-corrected chi connectivity index (χ3v) is 1.49. The number of carbonyl (C=O) groups is 1. The van der Waals surface area contributed by atoms with Crippen molar-refractivity contribution in [1.82, 2.24) is 5.32 Å². The summed E-state index contributed by atoms with van der Waals surface area (Å²) in [5.74, 6) is 0.668. The van der Waals surface area contributed by atoms with Gasteiger partial charge in [0.2, 0.25) is 5.91 Å². The Morgan fingerprint density at radius 3 is 2.91 bits per heavy atom. The number of hydrogen-bond donors (Lipinski definition) is 2. The molecule has 11 heavy (non-hydrogen) atoms. The molecule has 0 radical (unpaired) electrons. The third kappa shape index (κ3) is 5.98. The van der Waals surface area contributed by atoms with Gasteiger partial charge in [0.15, 0.2) is 0 Å². The molecule has 0 aliphatic rings. The zero-order valence-corrected chi connectivity index (χ0v) is 7.73. The van der Waals surface area contributed by atoms with Gasteiger partial charge in [-0.25, -0.2) is 0 Å². The summed E-state index contributed by atoms with van der Waals surface area (Å²) in [6.45, 7) is 5.54. The van der Waals surface area contributed by atoms with E-state index in [-0.39, 0.29) is 11.9 Å². The number of hydrogen-bond acceptors (Lipinski definition) is 2. The molecule has 0 saturated carbocycles. The summed E-state index contributed by atoms with van der Waals surface area (Å²) in [5, 5.41) is 2.82. The summed E-state index contributed by atoms with van der Waals surface area (Å²) in [6.07, 6.45) is 3.11. The first-order valence-electron chi connectivity index (χ1n) is 3.71. The highest BCUT2D eigenvalue weighted by Gasteiger charge is 2.03. The van der Waals surface area contributed by atoms with Crippen molar-refractivity contribution in [3.63, 3.8) is 0 Å². The molecule has 0 aromatic heterocycles. The van der Waals surface area contributed by atoms with Crippen molar-refractivity contribution in [2.45, 2.75) is 25.8 Å². The second-order valence-electron chi connectivity index (χ2n) is 2.47. The fraction of sp³-hybridized carbons (Fsp3) is 0.625. The third-order valence-electron chi connectivity index (χ3n) is 1.27. The fourth-order valence-electron chi connectivity index (χ4n) is 0.757. The van der Waals surface area contributed by atoms with Crippen LogP contribution in [0.4, 0.5) is 0 Å². The summed E-state index contributed by atoms with van der Waals surface area (Å²) in [7, 11) is 0. The lowest BCUT2D eigenvalue weighted by Crippen LogP contribution is -2.32. The minimum Gasteiger partial charge on any atom is -0.353 e. The van der Waals surface area contributed by atoms with Gasteiger partial charge in [0.25, 0.3) is 0 Å². The van der Waals surface area contributed by atoms with Gasteiger partial charge in [-0.15, -0.1) is 6.58 Å². The second-order valence-corrected chi connectivity index (χ2v) is 2.91. The molecule has 0 aliphatic heterocycles. The summed E-state index contributed by atoms with van der Waals surface area (Å²) in [6, 6.07) is 0.194. The lowest BCUT2D eigenvalue weighted by molar-refractivity contribution is -0.121. The first-order valence-corrected chi connectivity index (χ1v) is 4.35. The van der Waals surface area contributed by atoms with Crippen molar-refractivity contribution in [3.8, 4) is 0 Å². The molecule has 64 valence electrons. The molecule has 3 heteroatoms. The summed E-state index contributed by atoms with van der Waals surface area (Å²) in [5.41, 5.74) is 0. The van der Waals surface area contributed by atoms with Crippen LogP contribution in [0.2, 0.25) is 0 Å². The van der Waals surface area contributed by atoms with Crippen molar-refractivity contribution in [3.05, 3.63) is 12.7 Å². The number of carbonyl (C=O) groups excluding carboxylic acids is 1. The number of rotatable bonds is 5. The van der Waals surface area contributed by atoms with Crippen molar-refractivity contribution < 1.29 is 4.79 Å². The van der Waals surface area contributed by atoms with Crippen molar-refractivity contribution >= 4 is 18.5 Å². The quantitative estimate of drug-likeness (QED) is 0.477. The number of thiol groups is 1. The van der Waals surface area contributed by atoms with Crippen LogP contribution in [-0.4, -0.2) is 17.7 Å². The largest absolute Gasteiger partial charge is 0.353 e. The van der Waals surface area contributed by atoms with Gasteiger partial charge in [-0.3, -0.25) is 4.79 Å². The van der Waals surface area contributed by atoms with Gasteiger partial charge in [-0.05, 0) is 19.1 Å². The van der Waals surface area contributed by atoms with E-state index >= 15 is 0 Å². The molecular formula is C8H15NOS. The Labute approximate surface area is 73.5 Å². The average molecular weight is 173 g/mol. The van der Waals surface area contributed by atoms with Gasteiger partial charge in [0.1, 0.15) is 0 Å². The molecule has 2 nitrogen and oxygen atoms in total. The van der Waals surface area contributed by atoms with Gasteiger partial charge in [0.05, 0.1) is 0 Å². The van der Waals surface area contributed by atoms with Gasteiger partial charge < -0.3 is 5.32 Å². The highest BCUT2D eigenvalue weighted by atomic mass is 32.1. The topological polar surface area (TPSA) is 29.1 Å². The molecule has 1 amide bonds. The van der Waals surface area contributed by atoms with Gasteiger partial charge >= 0.3 is 0 Å². The Hall–Kier alpha value is -0.440. The minimum absolute atomic E-state index is 0.0642. The highest BCUT2D eigenvalue weighted by molar-refractivity contribution is 7.80. The van der Waals surface area contributed by atoms with E-state index < -0.39 is 0 Å². The molecule has 0 fully saturated rings. The van der Waals surface area contributed by atoms with Crippen LogP contribution in [0.1, 0.15) is 19.8 Å². The zero-order valence-electron chi connectivity index (χ0n) is 6.84. The predicted octanol–water partition coefficient (Wildman–Crippen LogP) is 1.39. The van der Waals surface area contributed by atoms with Crippen LogP contribution in [0.3, 0.4) is 0 Å². The van der Waals surface area contributed by atoms with E-state index in [1.807, 2.05) is 6.92 Å². The van der Waals surface area contributed by atoms with Gasteiger partial charge in [-0.2, -0.15) is 12.6 Å². The van der Waals surface area contributed by atoms with E-state index in [4.69, 9.17) is 0 Å². The fourth-order valence-corrected chi connectivity index (χ4v) is 0.961. The minimum atomic E-state index is 0.0642. The van der Waals surface area contributed by atoms with Crippen molar-refractivity contribution in [2.75, 3.05) is 5.75 Å². The molecule has 0 saturated heterocycles. The molecule has 0 aromatic rings. The molecule has 0 bridgehead atoms. The van der Waals surface area contributed by atoms with Crippen LogP contribution >= 0.6 is 12.6 Å². The highest BCUT2D eigenvalue weighted by Crippen LogP contribution is 1.92. The standard InChI is InChI=1S/C8H15NOS/c1-3-4-7(2)9-8(10)5-6-11/h3,7,11H,1,4-6H2,2H3,(H,9,10). The first kappa shape index (κ1) is 10.6. The predicted molar refractivity (Wildman–Crippen MR) is 50.9 cm³/mol. The molecule has 0 rings (SSSR count). The van der Waals surface area contributed by atoms with E-state index in [0.717, 1.165) is 6.42 Å². The molecule has 1 N–H and O–H groups in total. The smallest absolute Gasteiger partial charge is 0.221 e. The molecule has 1 atom stereocenters. The van der Waals surface area contributed by atoms with Crippen LogP contribution in [0, 0.1) is 0 Å². The molecule has 0 aromatic carbocycles. The van der Waals surface area contributed by atoms with Gasteiger partial charge in [0, 0.05) is 12.5 Å². The maximum Gasteiger partial charge on any atom is 0.221 e. The Kier molecular flexibility index (Phi) is 6.03. The van der Waals surface area contributed by atoms with Crippen molar-refractivity contribution in [1.29, 1.82) is 0 Å².